The van der Waals surface area contributed by atoms with Gasteiger partial charge in [-0.25, -0.2) is 9.97 Å². The van der Waals surface area contributed by atoms with Crippen molar-refractivity contribution >= 4 is 69.5 Å². The van der Waals surface area contributed by atoms with Crippen LogP contribution in [0.5, 0.6) is 0 Å². The molecular formula is C78H87N9O6. The Morgan fingerprint density at radius 3 is 1.11 bits per heavy atom. The Hall–Kier alpha value is -9.25. The van der Waals surface area contributed by atoms with Crippen LogP contribution in [0.4, 0.5) is 5.69 Å². The third-order valence-electron chi connectivity index (χ3n) is 16.3. The molecular weight excluding hydrogens is 1160 g/mol. The third kappa shape index (κ3) is 17.5. The van der Waals surface area contributed by atoms with E-state index in [4.69, 9.17) is 24.2 Å². The topological polar surface area (TPSA) is 161 Å². The average molecular weight is 1250 g/mol. The summed E-state index contributed by atoms with van der Waals surface area (Å²) in [5, 5.41) is 3.83. The molecule has 0 spiro atoms. The molecule has 5 aromatic carbocycles. The number of ether oxygens (including phenoxy) is 3. The van der Waals surface area contributed by atoms with E-state index in [9.17, 15) is 14.4 Å². The van der Waals surface area contributed by atoms with Crippen molar-refractivity contribution in [3.63, 3.8) is 0 Å². The highest BCUT2D eigenvalue weighted by Gasteiger charge is 2.28. The molecule has 0 amide bonds. The number of benzene rings is 5. The number of carbonyl (C=O) groups is 3. The number of anilines is 1. The Balaban J connectivity index is 0.950. The molecule has 3 aliphatic rings. The van der Waals surface area contributed by atoms with Gasteiger partial charge in [0.2, 0.25) is 0 Å². The smallest absolute Gasteiger partial charge is 0.320 e. The van der Waals surface area contributed by atoms with Gasteiger partial charge in [-0.05, 0) is 150 Å². The van der Waals surface area contributed by atoms with Gasteiger partial charge in [0.25, 0.3) is 0 Å². The maximum absolute atomic E-state index is 13.5. The van der Waals surface area contributed by atoms with E-state index >= 15 is 0 Å². The van der Waals surface area contributed by atoms with E-state index in [1.54, 1.807) is 0 Å². The molecule has 0 atom stereocenters. The van der Waals surface area contributed by atoms with Gasteiger partial charge in [-0.3, -0.25) is 34.0 Å². The van der Waals surface area contributed by atoms with Crippen LogP contribution in [0.3, 0.4) is 0 Å². The lowest BCUT2D eigenvalue weighted by Gasteiger charge is -2.34. The number of nitrogens with zero attached hydrogens (tertiary/aromatic N) is 6. The number of H-pyrrole nitrogens is 2. The largest absolute Gasteiger partial charge is 0.459 e. The lowest BCUT2D eigenvalue weighted by atomic mass is 9.99. The van der Waals surface area contributed by atoms with Gasteiger partial charge < -0.3 is 29.5 Å². The van der Waals surface area contributed by atoms with Crippen molar-refractivity contribution in [3.8, 4) is 44.5 Å². The highest BCUT2D eigenvalue weighted by atomic mass is 16.6. The number of hydrogen-bond acceptors (Lipinski definition) is 13. The number of carbonyl (C=O) groups excluding carboxylic acids is 3. The van der Waals surface area contributed by atoms with E-state index in [0.29, 0.717) is 65.4 Å². The summed E-state index contributed by atoms with van der Waals surface area (Å²) in [4.78, 5) is 68.0. The molecule has 3 aliphatic heterocycles. The minimum Gasteiger partial charge on any atom is -0.459 e. The van der Waals surface area contributed by atoms with Gasteiger partial charge in [-0.15, -0.1) is 0 Å². The molecule has 3 aromatic heterocycles. The van der Waals surface area contributed by atoms with Gasteiger partial charge in [0.1, 0.15) is 16.8 Å². The van der Waals surface area contributed by atoms with Crippen molar-refractivity contribution in [1.82, 2.24) is 39.5 Å². The van der Waals surface area contributed by atoms with Crippen molar-refractivity contribution in [2.75, 3.05) is 83.9 Å². The first-order valence-corrected chi connectivity index (χ1v) is 32.4. The maximum atomic E-state index is 13.5. The fourth-order valence-electron chi connectivity index (χ4n) is 12.2. The maximum Gasteiger partial charge on any atom is 0.320 e. The molecule has 93 heavy (non-hydrogen) atoms. The van der Waals surface area contributed by atoms with E-state index in [0.717, 1.165) is 106 Å². The second-order valence-electron chi connectivity index (χ2n) is 27.2. The number of rotatable bonds is 15. The molecule has 11 rings (SSSR count). The van der Waals surface area contributed by atoms with E-state index in [2.05, 4.69) is 199 Å². The summed E-state index contributed by atoms with van der Waals surface area (Å²) >= 11 is 0. The monoisotopic (exact) mass is 1250 g/mol. The van der Waals surface area contributed by atoms with E-state index in [1.165, 1.54) is 0 Å². The lowest BCUT2D eigenvalue weighted by molar-refractivity contribution is -0.158. The molecule has 1 fully saturated rings. The van der Waals surface area contributed by atoms with Crippen LogP contribution < -0.4 is 5.32 Å². The summed E-state index contributed by atoms with van der Waals surface area (Å²) in [6.45, 7) is 22.6. The highest BCUT2D eigenvalue weighted by Crippen LogP contribution is 2.41. The molecule has 15 nitrogen and oxygen atoms in total. The van der Waals surface area contributed by atoms with Crippen LogP contribution in [0.1, 0.15) is 90.7 Å². The third-order valence-corrected chi connectivity index (χ3v) is 16.3. The second-order valence-corrected chi connectivity index (χ2v) is 27.2. The molecule has 0 aliphatic carbocycles. The predicted octanol–water partition coefficient (Wildman–Crippen LogP) is 14.6. The fraction of sp³-hybridized carbons (Fsp3) is 0.321. The predicted molar refractivity (Wildman–Crippen MR) is 377 cm³/mol. The zero-order valence-corrected chi connectivity index (χ0v) is 55.2. The van der Waals surface area contributed by atoms with Crippen molar-refractivity contribution in [3.05, 3.63) is 198 Å². The van der Waals surface area contributed by atoms with Crippen LogP contribution in [0.25, 0.3) is 90.4 Å². The number of aromatic amines is 2. The van der Waals surface area contributed by atoms with Crippen molar-refractivity contribution in [2.24, 2.45) is 0 Å². The first kappa shape index (κ1) is 65.2. The minimum absolute atomic E-state index is 0.0739. The second kappa shape index (κ2) is 28.7. The summed E-state index contributed by atoms with van der Waals surface area (Å²) in [5.74, 6) is -0.935. The summed E-state index contributed by atoms with van der Waals surface area (Å²) in [6, 6.07) is 59.3. The zero-order valence-electron chi connectivity index (χ0n) is 55.2. The molecule has 6 heterocycles. The molecule has 0 saturated carbocycles. The van der Waals surface area contributed by atoms with Gasteiger partial charge in [-0.1, -0.05) is 133 Å². The Morgan fingerprint density at radius 1 is 0.409 bits per heavy atom. The molecule has 8 aromatic rings. The SMILES string of the molecule is CC(C)(C)OC(=O)CN1CCN(CC(=O)OC(C)(C)C)CCN(Cc2ccc(NCC3=Cc4nc3c(-c3ccccc3)c3ccc([nH]3)c(-c3ccccc3)c3nc(c(-c5ccccc5)c5ccc([nH]5)c4-c4ccccc4)C=C3)cc2)CCN(CC(=O)OC(C)(C)C)CC1. The van der Waals surface area contributed by atoms with E-state index in [-0.39, 0.29) is 37.5 Å². The normalized spacial score (nSPS) is 15.0. The van der Waals surface area contributed by atoms with Crippen LogP contribution >= 0.6 is 0 Å². The highest BCUT2D eigenvalue weighted by molar-refractivity contribution is 6.02. The standard InChI is InChI=1S/C78H87N9O6/c1-76(2,3)91-68(88)51-85-42-40-84(41-43-86(52-69(89)92-77(4,5)6)45-47-87(46-44-85)53-70(90)93-78(7,8)9)50-54-30-32-60(33-31-54)79-49-59-48-67-73(57-26-18-12-19-27-57)65-37-36-63(81-65)71(55-22-14-10-15-23-55)61-34-35-62(80-61)72(56-24-16-11-17-25-56)64-38-39-66(82-64)74(75(59)83-67)58-28-20-13-21-29-58/h10-39,48,79,81-82H,40-47,49-53H2,1-9H3. The Kier molecular flexibility index (Phi) is 20.2. The van der Waals surface area contributed by atoms with Gasteiger partial charge >= 0.3 is 17.9 Å². The number of aromatic nitrogens is 4. The van der Waals surface area contributed by atoms with Crippen molar-refractivity contribution < 1.29 is 28.6 Å². The van der Waals surface area contributed by atoms with Gasteiger partial charge in [0, 0.05) is 115 Å². The van der Waals surface area contributed by atoms with Crippen LogP contribution in [0, 0.1) is 0 Å². The molecule has 1 saturated heterocycles. The number of esters is 3. The summed E-state index contributed by atoms with van der Waals surface area (Å²) < 4.78 is 17.4. The first-order chi connectivity index (χ1) is 44.6. The number of hydrogen-bond donors (Lipinski definition) is 3. The molecule has 0 radical (unpaired) electrons. The molecule has 480 valence electrons. The van der Waals surface area contributed by atoms with Crippen molar-refractivity contribution in [1.29, 1.82) is 0 Å². The zero-order chi connectivity index (χ0) is 65.3. The fourth-order valence-corrected chi connectivity index (χ4v) is 12.2. The lowest BCUT2D eigenvalue weighted by Crippen LogP contribution is -2.49. The van der Waals surface area contributed by atoms with E-state index < -0.39 is 16.8 Å². The Bertz CT molecular complexity index is 4110. The Morgan fingerprint density at radius 2 is 0.742 bits per heavy atom. The summed E-state index contributed by atoms with van der Waals surface area (Å²) in [5.41, 5.74) is 16.3. The van der Waals surface area contributed by atoms with Crippen LogP contribution in [0.2, 0.25) is 0 Å². The van der Waals surface area contributed by atoms with Gasteiger partial charge in [0.15, 0.2) is 0 Å². The molecule has 0 unspecified atom stereocenters. The number of nitrogens with one attached hydrogen (secondary N) is 3. The van der Waals surface area contributed by atoms with E-state index in [1.807, 2.05) is 86.6 Å². The van der Waals surface area contributed by atoms with Gasteiger partial charge in [0.05, 0.1) is 42.4 Å². The number of fused-ring (bicyclic) bond motifs is 8. The van der Waals surface area contributed by atoms with Crippen molar-refractivity contribution in [2.45, 2.75) is 85.7 Å². The minimum atomic E-state index is -0.645. The van der Waals surface area contributed by atoms with Crippen LogP contribution in [-0.4, -0.2) is 153 Å². The molecule has 3 N–H and O–H groups in total. The van der Waals surface area contributed by atoms with Crippen LogP contribution in [0.15, 0.2) is 170 Å². The summed E-state index contributed by atoms with van der Waals surface area (Å²) in [6.07, 6.45) is 6.50. The molecule has 8 bridgehead atoms. The average Bonchev–Trinajstić information content (AvgIpc) is 1.62. The Labute approximate surface area is 547 Å². The first-order valence-electron chi connectivity index (χ1n) is 32.4. The molecule has 15 heteroatoms. The summed E-state index contributed by atoms with van der Waals surface area (Å²) in [7, 11) is 0. The van der Waals surface area contributed by atoms with Crippen LogP contribution in [-0.2, 0) is 35.1 Å². The quantitative estimate of drug-likeness (QED) is 0.0658. The van der Waals surface area contributed by atoms with Gasteiger partial charge in [-0.2, -0.15) is 0 Å².